The molecule has 4 rings (SSSR count). The Bertz CT molecular complexity index is 962. The molecule has 0 aliphatic carbocycles. The van der Waals surface area contributed by atoms with Crippen LogP contribution in [0.2, 0.25) is 0 Å². The van der Waals surface area contributed by atoms with E-state index in [0.717, 1.165) is 24.1 Å². The fraction of sp³-hybridized carbons (Fsp3) is 0.333. The number of piperidine rings is 1. The first-order valence-electron chi connectivity index (χ1n) is 9.45. The van der Waals surface area contributed by atoms with Crippen molar-refractivity contribution in [2.45, 2.75) is 25.9 Å². The lowest BCUT2D eigenvalue weighted by Gasteiger charge is -2.31. The smallest absolute Gasteiger partial charge is 0.272 e. The molecule has 3 aromatic rings. The zero-order chi connectivity index (χ0) is 19.5. The maximum Gasteiger partial charge on any atom is 0.272 e. The summed E-state index contributed by atoms with van der Waals surface area (Å²) < 4.78 is 7.61. The highest BCUT2D eigenvalue weighted by Gasteiger charge is 2.27. The molecular weight excluding hydrogens is 354 g/mol. The van der Waals surface area contributed by atoms with Gasteiger partial charge >= 0.3 is 0 Å². The third-order valence-electron chi connectivity index (χ3n) is 4.94. The molecule has 1 aliphatic rings. The Labute approximate surface area is 164 Å². The van der Waals surface area contributed by atoms with E-state index < -0.39 is 0 Å². The number of benzene rings is 1. The average molecular weight is 377 g/mol. The average Bonchev–Trinajstić information content (AvgIpc) is 3.10. The van der Waals surface area contributed by atoms with Crippen molar-refractivity contribution in [3.8, 4) is 17.1 Å². The van der Waals surface area contributed by atoms with Crippen molar-refractivity contribution in [2.24, 2.45) is 7.05 Å². The Morgan fingerprint density at radius 3 is 2.61 bits per heavy atom. The van der Waals surface area contributed by atoms with E-state index in [4.69, 9.17) is 4.74 Å². The molecule has 1 saturated heterocycles. The number of nitrogens with zero attached hydrogens (tertiary/aromatic N) is 5. The van der Waals surface area contributed by atoms with Crippen LogP contribution < -0.4 is 4.74 Å². The van der Waals surface area contributed by atoms with Crippen LogP contribution in [-0.4, -0.2) is 49.7 Å². The normalized spacial score (nSPS) is 14.9. The van der Waals surface area contributed by atoms with E-state index in [1.54, 1.807) is 16.9 Å². The summed E-state index contributed by atoms with van der Waals surface area (Å²) >= 11 is 0. The summed E-state index contributed by atoms with van der Waals surface area (Å²) in [7, 11) is 1.81. The Morgan fingerprint density at radius 2 is 1.89 bits per heavy atom. The first-order valence-corrected chi connectivity index (χ1v) is 9.45. The van der Waals surface area contributed by atoms with Crippen LogP contribution in [-0.2, 0) is 7.05 Å². The molecule has 1 amide bonds. The molecule has 0 radical (unpaired) electrons. The van der Waals surface area contributed by atoms with Crippen molar-refractivity contribution in [3.63, 3.8) is 0 Å². The third kappa shape index (κ3) is 3.88. The Balaban J connectivity index is 1.40. The number of carbonyl (C=O) groups excluding carboxylic acids is 1. The number of aryl methyl sites for hydroxylation is 2. The van der Waals surface area contributed by atoms with Crippen molar-refractivity contribution in [3.05, 3.63) is 60.2 Å². The van der Waals surface area contributed by atoms with Crippen LogP contribution in [0.1, 0.15) is 29.2 Å². The third-order valence-corrected chi connectivity index (χ3v) is 4.94. The molecule has 1 aromatic carbocycles. The van der Waals surface area contributed by atoms with Crippen molar-refractivity contribution in [1.82, 2.24) is 24.6 Å². The zero-order valence-corrected chi connectivity index (χ0v) is 16.1. The Morgan fingerprint density at radius 1 is 1.14 bits per heavy atom. The van der Waals surface area contributed by atoms with E-state index in [2.05, 4.69) is 15.1 Å². The zero-order valence-electron chi connectivity index (χ0n) is 16.1. The molecule has 7 nitrogen and oxygen atoms in total. The first-order chi connectivity index (χ1) is 13.6. The molecule has 0 spiro atoms. The molecule has 7 heteroatoms. The second-order valence-electron chi connectivity index (χ2n) is 6.96. The molecule has 3 heterocycles. The van der Waals surface area contributed by atoms with Crippen LogP contribution in [0.3, 0.4) is 0 Å². The van der Waals surface area contributed by atoms with Gasteiger partial charge in [0.1, 0.15) is 17.6 Å². The summed E-state index contributed by atoms with van der Waals surface area (Å²) in [5.74, 6) is 1.29. The Kier molecular flexibility index (Phi) is 5.06. The lowest BCUT2D eigenvalue weighted by atomic mass is 10.1. The predicted molar refractivity (Wildman–Crippen MR) is 105 cm³/mol. The topological polar surface area (TPSA) is 73.1 Å². The van der Waals surface area contributed by atoms with Crippen molar-refractivity contribution >= 4 is 5.91 Å². The predicted octanol–water partition coefficient (Wildman–Crippen LogP) is 2.87. The summed E-state index contributed by atoms with van der Waals surface area (Å²) in [4.78, 5) is 23.2. The van der Waals surface area contributed by atoms with E-state index >= 15 is 0 Å². The number of aromatic nitrogens is 4. The van der Waals surface area contributed by atoms with Crippen LogP contribution in [0.25, 0.3) is 11.3 Å². The van der Waals surface area contributed by atoms with Crippen LogP contribution in [0.5, 0.6) is 5.88 Å². The van der Waals surface area contributed by atoms with Gasteiger partial charge in [-0.05, 0) is 13.0 Å². The monoisotopic (exact) mass is 377 g/mol. The SMILES string of the molecule is Cc1nccc(OC2CCN(C(=O)c3cc(-c4ccccc4)nn3C)CC2)n1. The second-order valence-corrected chi connectivity index (χ2v) is 6.96. The number of rotatable bonds is 4. The highest BCUT2D eigenvalue weighted by molar-refractivity contribution is 5.93. The molecule has 0 saturated carbocycles. The maximum absolute atomic E-state index is 13.0. The molecule has 28 heavy (non-hydrogen) atoms. The van der Waals surface area contributed by atoms with Gasteiger partial charge in [-0.1, -0.05) is 30.3 Å². The fourth-order valence-electron chi connectivity index (χ4n) is 3.43. The van der Waals surface area contributed by atoms with Crippen molar-refractivity contribution in [1.29, 1.82) is 0 Å². The largest absolute Gasteiger partial charge is 0.474 e. The minimum Gasteiger partial charge on any atom is -0.474 e. The summed E-state index contributed by atoms with van der Waals surface area (Å²) in [6.45, 7) is 3.14. The van der Waals surface area contributed by atoms with Crippen LogP contribution >= 0.6 is 0 Å². The summed E-state index contributed by atoms with van der Waals surface area (Å²) in [5, 5.41) is 4.51. The van der Waals surface area contributed by atoms with Gasteiger partial charge in [0.25, 0.3) is 5.91 Å². The van der Waals surface area contributed by atoms with E-state index in [0.29, 0.717) is 30.5 Å². The van der Waals surface area contributed by atoms with Gasteiger partial charge in [-0.2, -0.15) is 10.1 Å². The van der Waals surface area contributed by atoms with Crippen molar-refractivity contribution in [2.75, 3.05) is 13.1 Å². The first kappa shape index (κ1) is 18.2. The van der Waals surface area contributed by atoms with Gasteiger partial charge in [0.05, 0.1) is 5.69 Å². The van der Waals surface area contributed by atoms with Crippen molar-refractivity contribution < 1.29 is 9.53 Å². The van der Waals surface area contributed by atoms with Gasteiger partial charge in [-0.25, -0.2) is 4.98 Å². The van der Waals surface area contributed by atoms with E-state index in [1.165, 1.54) is 0 Å². The van der Waals surface area contributed by atoms with E-state index in [-0.39, 0.29) is 12.0 Å². The van der Waals surface area contributed by atoms with Gasteiger partial charge in [0.15, 0.2) is 0 Å². The highest BCUT2D eigenvalue weighted by atomic mass is 16.5. The minimum absolute atomic E-state index is 0.00788. The summed E-state index contributed by atoms with van der Waals surface area (Å²) in [6.07, 6.45) is 3.31. The minimum atomic E-state index is 0.00788. The molecule has 0 unspecified atom stereocenters. The summed E-state index contributed by atoms with van der Waals surface area (Å²) in [5.41, 5.74) is 2.41. The molecule has 0 bridgehead atoms. The van der Waals surface area contributed by atoms with Crippen LogP contribution in [0.15, 0.2) is 48.7 Å². The molecule has 2 aromatic heterocycles. The van der Waals surface area contributed by atoms with Gasteiger partial charge in [-0.15, -0.1) is 0 Å². The Hall–Kier alpha value is -3.22. The molecule has 144 valence electrons. The second kappa shape index (κ2) is 7.80. The number of hydrogen-bond donors (Lipinski definition) is 0. The quantitative estimate of drug-likeness (QED) is 0.699. The molecule has 0 N–H and O–H groups in total. The molecule has 1 fully saturated rings. The van der Waals surface area contributed by atoms with Gasteiger partial charge in [0, 0.05) is 50.8 Å². The number of likely N-dealkylation sites (tertiary alicyclic amines) is 1. The molecule has 1 aliphatic heterocycles. The maximum atomic E-state index is 13.0. The highest BCUT2D eigenvalue weighted by Crippen LogP contribution is 2.22. The van der Waals surface area contributed by atoms with Gasteiger partial charge in [-0.3, -0.25) is 9.48 Å². The number of carbonyl (C=O) groups is 1. The van der Waals surface area contributed by atoms with Crippen LogP contribution in [0.4, 0.5) is 0 Å². The molecular formula is C21H23N5O2. The summed E-state index contributed by atoms with van der Waals surface area (Å²) in [6, 6.07) is 13.5. The van der Waals surface area contributed by atoms with Gasteiger partial charge in [0.2, 0.25) is 5.88 Å². The van der Waals surface area contributed by atoms with Crippen LogP contribution in [0, 0.1) is 6.92 Å². The van der Waals surface area contributed by atoms with E-state index in [1.807, 2.05) is 55.3 Å². The standard InChI is InChI=1S/C21H23N5O2/c1-15-22-11-8-20(23-15)28-17-9-12-26(13-10-17)21(27)19-14-18(24-25(19)2)16-6-4-3-5-7-16/h3-8,11,14,17H,9-10,12-13H2,1-2H3. The number of hydrogen-bond acceptors (Lipinski definition) is 5. The van der Waals surface area contributed by atoms with E-state index in [9.17, 15) is 4.79 Å². The molecule has 0 atom stereocenters. The number of amides is 1. The lowest BCUT2D eigenvalue weighted by molar-refractivity contribution is 0.0577. The fourth-order valence-corrected chi connectivity index (χ4v) is 3.43. The number of ether oxygens (including phenoxy) is 1. The lowest BCUT2D eigenvalue weighted by Crippen LogP contribution is -2.42. The van der Waals surface area contributed by atoms with Gasteiger partial charge < -0.3 is 9.64 Å².